The molecule has 0 bridgehead atoms. The third kappa shape index (κ3) is 11.1. The Kier molecular flexibility index (Phi) is 12.7. The Balaban J connectivity index is 0.000000408. The largest absolute Gasteiger partial charge is 0.508 e. The van der Waals surface area contributed by atoms with Gasteiger partial charge in [0.2, 0.25) is 17.7 Å². The number of nitrogens with one attached hydrogen (secondary N) is 3. The highest BCUT2D eigenvalue weighted by Gasteiger charge is 2.37. The Bertz CT molecular complexity index is 1200. The van der Waals surface area contributed by atoms with Gasteiger partial charge in [-0.05, 0) is 37.5 Å². The second kappa shape index (κ2) is 16.4. The van der Waals surface area contributed by atoms with Crippen molar-refractivity contribution in [2.45, 2.75) is 38.5 Å². The summed E-state index contributed by atoms with van der Waals surface area (Å²) in [6.07, 6.45) is -0.145. The Morgan fingerprint density at radius 1 is 1.05 bits per heavy atom. The van der Waals surface area contributed by atoms with Gasteiger partial charge in [-0.25, -0.2) is 0 Å². The van der Waals surface area contributed by atoms with Crippen LogP contribution in [0.2, 0.25) is 0 Å². The molecular weight excluding hydrogens is 544 g/mol. The molecule has 2 aromatic rings. The quantitative estimate of drug-likeness (QED) is 0.258. The van der Waals surface area contributed by atoms with Gasteiger partial charge in [0.1, 0.15) is 23.6 Å². The first-order valence-electron chi connectivity index (χ1n) is 13.9. The second-order valence-corrected chi connectivity index (χ2v) is 10.1. The maximum absolute atomic E-state index is 12.5. The van der Waals surface area contributed by atoms with Gasteiger partial charge in [0.05, 0.1) is 46.1 Å². The zero-order valence-corrected chi connectivity index (χ0v) is 24.3. The van der Waals surface area contributed by atoms with Crippen LogP contribution >= 0.6 is 0 Å². The molecule has 42 heavy (non-hydrogen) atoms. The van der Waals surface area contributed by atoms with Crippen molar-refractivity contribution in [3.8, 4) is 11.5 Å². The van der Waals surface area contributed by atoms with Crippen LogP contribution in [-0.4, -0.2) is 105 Å². The van der Waals surface area contributed by atoms with Gasteiger partial charge in [0.25, 0.3) is 0 Å². The van der Waals surface area contributed by atoms with E-state index in [-0.39, 0.29) is 30.5 Å². The fourth-order valence-electron chi connectivity index (χ4n) is 4.11. The molecule has 2 aliphatic heterocycles. The normalized spacial score (nSPS) is 17.5. The number of epoxide rings is 1. The molecule has 2 aromatic carbocycles. The molecule has 12 nitrogen and oxygen atoms in total. The Labute approximate surface area is 245 Å². The van der Waals surface area contributed by atoms with Gasteiger partial charge in [-0.1, -0.05) is 36.4 Å². The van der Waals surface area contributed by atoms with Crippen LogP contribution in [0, 0.1) is 6.92 Å². The van der Waals surface area contributed by atoms with Gasteiger partial charge < -0.3 is 35.3 Å². The number of carbonyl (C=O) groups excluding carboxylic acids is 4. The molecule has 12 heteroatoms. The fraction of sp³-hybridized carbons (Fsp3) is 0.467. The van der Waals surface area contributed by atoms with Gasteiger partial charge in [0, 0.05) is 19.2 Å². The smallest absolute Gasteiger partial charge is 0.242 e. The van der Waals surface area contributed by atoms with Gasteiger partial charge >= 0.3 is 0 Å². The molecule has 4 rings (SSSR count). The Hall–Kier alpha value is -4.00. The molecule has 2 fully saturated rings. The standard InChI is InChI=1S/C22H30N4O6.C8H10O2/c1-15(24-20(28)13-26-7-9-31-10-8-26)22(30)23-12-19(27)25-17(21(29)18-14-32-18)11-16-5-3-2-4-6-16;1-6-3-4-7(10-2)5-8(6)9/h2-6,15,17-18H,7-14H2,1H3,(H,23,30)(H,24,28)(H,25,27);3-5,9H,1-2H3. The van der Waals surface area contributed by atoms with Crippen LogP contribution in [0.1, 0.15) is 18.1 Å². The molecule has 0 aromatic heterocycles. The zero-order valence-electron chi connectivity index (χ0n) is 24.3. The number of carbonyl (C=O) groups is 4. The molecule has 3 atom stereocenters. The zero-order chi connectivity index (χ0) is 30.5. The topological polar surface area (TPSA) is 159 Å². The summed E-state index contributed by atoms with van der Waals surface area (Å²) < 4.78 is 15.2. The first kappa shape index (κ1) is 32.5. The summed E-state index contributed by atoms with van der Waals surface area (Å²) in [7, 11) is 1.57. The highest BCUT2D eigenvalue weighted by atomic mass is 16.6. The lowest BCUT2D eigenvalue weighted by Gasteiger charge is -2.26. The summed E-state index contributed by atoms with van der Waals surface area (Å²) in [6, 6.07) is 13.0. The van der Waals surface area contributed by atoms with Crippen LogP contribution in [0.5, 0.6) is 11.5 Å². The summed E-state index contributed by atoms with van der Waals surface area (Å²) in [4.78, 5) is 51.2. The van der Waals surface area contributed by atoms with Crippen LogP contribution in [0.3, 0.4) is 0 Å². The van der Waals surface area contributed by atoms with Crippen LogP contribution < -0.4 is 20.7 Å². The molecule has 0 radical (unpaired) electrons. The van der Waals surface area contributed by atoms with Crippen LogP contribution in [0.4, 0.5) is 0 Å². The molecule has 2 aliphatic rings. The van der Waals surface area contributed by atoms with E-state index in [1.165, 1.54) is 0 Å². The third-order valence-electron chi connectivity index (χ3n) is 6.69. The number of nitrogens with zero attached hydrogens (tertiary/aromatic N) is 1. The summed E-state index contributed by atoms with van der Waals surface area (Å²) in [5.74, 6) is -0.455. The van der Waals surface area contributed by atoms with E-state index in [1.54, 1.807) is 20.1 Å². The highest BCUT2D eigenvalue weighted by Crippen LogP contribution is 2.21. The number of Topliss-reactive ketones (excluding diaryl/α,β-unsaturated/α-hetero) is 1. The van der Waals surface area contributed by atoms with E-state index in [4.69, 9.17) is 19.3 Å². The number of aromatic hydroxyl groups is 1. The number of benzene rings is 2. The number of hydrogen-bond acceptors (Lipinski definition) is 9. The average Bonchev–Trinajstić information content (AvgIpc) is 3.84. The SMILES string of the molecule is CC(NC(=O)CN1CCOCC1)C(=O)NCC(=O)NC(Cc1ccccc1)C(=O)C1CO1.COc1ccc(C)c(O)c1. The lowest BCUT2D eigenvalue weighted by atomic mass is 10.0. The Morgan fingerprint density at radius 2 is 1.74 bits per heavy atom. The van der Waals surface area contributed by atoms with E-state index in [2.05, 4.69) is 16.0 Å². The van der Waals surface area contributed by atoms with E-state index in [9.17, 15) is 19.2 Å². The molecular formula is C30H40N4O8. The molecule has 4 N–H and O–H groups in total. The summed E-state index contributed by atoms with van der Waals surface area (Å²) in [5, 5.41) is 17.0. The monoisotopic (exact) mass is 584 g/mol. The first-order chi connectivity index (χ1) is 20.2. The molecule has 0 spiro atoms. The molecule has 2 heterocycles. The van der Waals surface area contributed by atoms with Crippen molar-refractivity contribution in [3.63, 3.8) is 0 Å². The van der Waals surface area contributed by atoms with Crippen LogP contribution in [0.15, 0.2) is 48.5 Å². The molecule has 0 saturated carbocycles. The summed E-state index contributed by atoms with van der Waals surface area (Å²) in [5.41, 5.74) is 1.77. The van der Waals surface area contributed by atoms with Crippen molar-refractivity contribution in [2.75, 3.05) is 53.1 Å². The second-order valence-electron chi connectivity index (χ2n) is 10.1. The molecule has 228 valence electrons. The van der Waals surface area contributed by atoms with Crippen LogP contribution in [0.25, 0.3) is 0 Å². The fourth-order valence-corrected chi connectivity index (χ4v) is 4.11. The van der Waals surface area contributed by atoms with E-state index < -0.39 is 30.0 Å². The number of morpholine rings is 1. The number of aryl methyl sites for hydroxylation is 1. The molecule has 2 saturated heterocycles. The van der Waals surface area contributed by atoms with Crippen molar-refractivity contribution in [2.24, 2.45) is 0 Å². The van der Waals surface area contributed by atoms with E-state index in [0.29, 0.717) is 45.1 Å². The van der Waals surface area contributed by atoms with Crippen LogP contribution in [-0.2, 0) is 35.1 Å². The number of hydrogen-bond donors (Lipinski definition) is 4. The van der Waals surface area contributed by atoms with E-state index >= 15 is 0 Å². The number of rotatable bonds is 12. The molecule has 3 amide bonds. The van der Waals surface area contributed by atoms with Crippen molar-refractivity contribution >= 4 is 23.5 Å². The predicted octanol–water partition coefficient (Wildman–Crippen LogP) is 0.344. The predicted molar refractivity (Wildman–Crippen MR) is 154 cm³/mol. The highest BCUT2D eigenvalue weighted by molar-refractivity contribution is 5.95. The average molecular weight is 585 g/mol. The van der Waals surface area contributed by atoms with Gasteiger partial charge in [-0.15, -0.1) is 0 Å². The third-order valence-corrected chi connectivity index (χ3v) is 6.69. The van der Waals surface area contributed by atoms with Crippen molar-refractivity contribution < 1.29 is 38.5 Å². The number of methoxy groups -OCH3 is 1. The van der Waals surface area contributed by atoms with Gasteiger partial charge in [-0.2, -0.15) is 0 Å². The van der Waals surface area contributed by atoms with Crippen molar-refractivity contribution in [1.29, 1.82) is 0 Å². The van der Waals surface area contributed by atoms with Crippen molar-refractivity contribution in [1.82, 2.24) is 20.9 Å². The van der Waals surface area contributed by atoms with Gasteiger partial charge in [0.15, 0.2) is 5.78 Å². The first-order valence-corrected chi connectivity index (χ1v) is 13.9. The molecule has 0 aliphatic carbocycles. The maximum Gasteiger partial charge on any atom is 0.242 e. The lowest BCUT2D eigenvalue weighted by molar-refractivity contribution is -0.131. The minimum atomic E-state index is -0.794. The summed E-state index contributed by atoms with van der Waals surface area (Å²) >= 11 is 0. The Morgan fingerprint density at radius 3 is 2.36 bits per heavy atom. The van der Waals surface area contributed by atoms with E-state index in [0.717, 1.165) is 11.1 Å². The number of phenols is 1. The minimum absolute atomic E-state index is 0.183. The van der Waals surface area contributed by atoms with Gasteiger partial charge in [-0.3, -0.25) is 24.1 Å². The maximum atomic E-state index is 12.5. The number of phenolic OH excluding ortho intramolecular Hbond substituents is 1. The van der Waals surface area contributed by atoms with E-state index in [1.807, 2.05) is 54.3 Å². The number of ketones is 1. The summed E-state index contributed by atoms with van der Waals surface area (Å²) in [6.45, 7) is 6.15. The number of ether oxygens (including phenoxy) is 3. The number of amides is 3. The van der Waals surface area contributed by atoms with Crippen molar-refractivity contribution in [3.05, 3.63) is 59.7 Å². The minimum Gasteiger partial charge on any atom is -0.508 e. The lowest BCUT2D eigenvalue weighted by Crippen LogP contribution is -2.52. The molecule has 3 unspecified atom stereocenters.